The summed E-state index contributed by atoms with van der Waals surface area (Å²) in [7, 11) is 0. The van der Waals surface area contributed by atoms with Crippen molar-refractivity contribution in [2.75, 3.05) is 13.2 Å². The summed E-state index contributed by atoms with van der Waals surface area (Å²) < 4.78 is 13.8. The highest BCUT2D eigenvalue weighted by Gasteiger charge is 2.13. The topological polar surface area (TPSA) is 140 Å². The molecule has 0 aromatic carbocycles. The lowest BCUT2D eigenvalue weighted by Gasteiger charge is -2.15. The van der Waals surface area contributed by atoms with Crippen LogP contribution in [-0.2, 0) is 14.2 Å². The Bertz CT molecular complexity index is 426. The first-order chi connectivity index (χ1) is 13.4. The van der Waals surface area contributed by atoms with E-state index in [0.29, 0.717) is 19.3 Å². The molecule has 0 aliphatic carbocycles. The van der Waals surface area contributed by atoms with E-state index in [1.165, 1.54) is 0 Å². The lowest BCUT2D eigenvalue weighted by molar-refractivity contribution is 0.0421. The first-order valence-corrected chi connectivity index (χ1v) is 10.0. The van der Waals surface area contributed by atoms with Crippen LogP contribution in [0.5, 0.6) is 0 Å². The highest BCUT2D eigenvalue weighted by Crippen LogP contribution is 2.16. The summed E-state index contributed by atoms with van der Waals surface area (Å²) >= 11 is 0. The largest absolute Gasteiger partial charge is 0.506 e. The molecule has 0 saturated carbocycles. The third kappa shape index (κ3) is 20.1. The lowest BCUT2D eigenvalue weighted by Crippen LogP contribution is -2.16. The van der Waals surface area contributed by atoms with E-state index in [-0.39, 0.29) is 19.3 Å². The van der Waals surface area contributed by atoms with Crippen molar-refractivity contribution in [3.8, 4) is 0 Å². The van der Waals surface area contributed by atoms with Crippen molar-refractivity contribution >= 4 is 18.5 Å². The summed E-state index contributed by atoms with van der Waals surface area (Å²) in [5.41, 5.74) is 0. The van der Waals surface area contributed by atoms with Gasteiger partial charge in [-0.15, -0.1) is 0 Å². The van der Waals surface area contributed by atoms with Crippen molar-refractivity contribution in [1.82, 2.24) is 0 Å². The molecule has 0 amide bonds. The van der Waals surface area contributed by atoms with Crippen molar-refractivity contribution in [2.24, 2.45) is 0 Å². The van der Waals surface area contributed by atoms with Gasteiger partial charge in [-0.05, 0) is 38.5 Å². The summed E-state index contributed by atoms with van der Waals surface area (Å²) in [6.07, 6.45) is 7.30. The van der Waals surface area contributed by atoms with Crippen LogP contribution < -0.4 is 0 Å². The number of unbranched alkanes of at least 4 members (excludes halogenated alkanes) is 9. The fourth-order valence-corrected chi connectivity index (χ4v) is 2.91. The Morgan fingerprint density at radius 3 is 1.25 bits per heavy atom. The summed E-state index contributed by atoms with van der Waals surface area (Å²) in [6, 6.07) is 0. The van der Waals surface area contributed by atoms with Crippen LogP contribution >= 0.6 is 0 Å². The maximum Gasteiger partial charge on any atom is 0.506 e. The smallest absolute Gasteiger partial charge is 0.450 e. The number of ether oxygens (including phenoxy) is 3. The van der Waals surface area contributed by atoms with E-state index in [9.17, 15) is 14.4 Å². The molecule has 9 heteroatoms. The van der Waals surface area contributed by atoms with E-state index < -0.39 is 18.5 Å². The molecule has 0 bridgehead atoms. The molecule has 0 aliphatic rings. The Kier molecular flexibility index (Phi) is 16.8. The molecule has 0 saturated heterocycles. The van der Waals surface area contributed by atoms with Crippen molar-refractivity contribution in [1.29, 1.82) is 0 Å². The van der Waals surface area contributed by atoms with Gasteiger partial charge >= 0.3 is 18.5 Å². The lowest BCUT2D eigenvalue weighted by atomic mass is 10.0. The van der Waals surface area contributed by atoms with E-state index in [4.69, 9.17) is 20.1 Å². The quantitative estimate of drug-likeness (QED) is 0.153. The second-order valence-corrected chi connectivity index (χ2v) is 6.70. The first kappa shape index (κ1) is 25.8. The third-order valence-corrected chi connectivity index (χ3v) is 4.31. The Labute approximate surface area is 166 Å². The zero-order valence-corrected chi connectivity index (χ0v) is 16.5. The first-order valence-electron chi connectivity index (χ1n) is 10.0. The number of carboxylic acid groups (broad SMARTS) is 3. The Balaban J connectivity index is 3.64. The normalized spacial score (nSPS) is 11.6. The molecule has 0 heterocycles. The Morgan fingerprint density at radius 2 is 0.893 bits per heavy atom. The third-order valence-electron chi connectivity index (χ3n) is 4.31. The van der Waals surface area contributed by atoms with Crippen LogP contribution in [0.15, 0.2) is 0 Å². The van der Waals surface area contributed by atoms with Gasteiger partial charge in [0.25, 0.3) is 0 Å². The molecule has 1 atom stereocenters. The van der Waals surface area contributed by atoms with E-state index >= 15 is 0 Å². The van der Waals surface area contributed by atoms with Crippen molar-refractivity contribution in [3.05, 3.63) is 0 Å². The molecule has 0 radical (unpaired) electrons. The van der Waals surface area contributed by atoms with Crippen molar-refractivity contribution in [2.45, 2.75) is 89.6 Å². The van der Waals surface area contributed by atoms with Crippen LogP contribution in [-0.4, -0.2) is 53.1 Å². The molecule has 164 valence electrons. The van der Waals surface area contributed by atoms with Gasteiger partial charge in [0.1, 0.15) is 6.10 Å². The van der Waals surface area contributed by atoms with Crippen LogP contribution in [0.1, 0.15) is 83.5 Å². The molecule has 0 fully saturated rings. The second kappa shape index (κ2) is 18.2. The van der Waals surface area contributed by atoms with Crippen LogP contribution in [0.2, 0.25) is 0 Å². The summed E-state index contributed by atoms with van der Waals surface area (Å²) in [6.45, 7) is 0.448. The minimum Gasteiger partial charge on any atom is -0.450 e. The minimum absolute atomic E-state index is 0.215. The van der Waals surface area contributed by atoms with Crippen LogP contribution in [0.25, 0.3) is 0 Å². The molecule has 0 aromatic rings. The van der Waals surface area contributed by atoms with Gasteiger partial charge in [-0.25, -0.2) is 14.4 Å². The number of carbonyl (C=O) groups is 3. The molecule has 0 rings (SSSR count). The fraction of sp³-hybridized carbons (Fsp3) is 0.842. The monoisotopic (exact) mass is 406 g/mol. The van der Waals surface area contributed by atoms with Crippen molar-refractivity contribution in [3.63, 3.8) is 0 Å². The van der Waals surface area contributed by atoms with Crippen LogP contribution in [0.4, 0.5) is 14.4 Å². The van der Waals surface area contributed by atoms with E-state index in [2.05, 4.69) is 9.47 Å². The van der Waals surface area contributed by atoms with Gasteiger partial charge in [-0.3, -0.25) is 0 Å². The molecule has 0 aromatic heterocycles. The van der Waals surface area contributed by atoms with E-state index in [1.807, 2.05) is 0 Å². The zero-order chi connectivity index (χ0) is 21.0. The average molecular weight is 406 g/mol. The van der Waals surface area contributed by atoms with Gasteiger partial charge in [-0.2, -0.15) is 0 Å². The molecular formula is C19H34O9. The molecule has 1 unspecified atom stereocenters. The highest BCUT2D eigenvalue weighted by molar-refractivity contribution is 5.57. The average Bonchev–Trinajstić information content (AvgIpc) is 2.61. The summed E-state index contributed by atoms with van der Waals surface area (Å²) in [4.78, 5) is 31.2. The van der Waals surface area contributed by atoms with Crippen LogP contribution in [0.3, 0.4) is 0 Å². The van der Waals surface area contributed by atoms with Crippen molar-refractivity contribution < 1.29 is 43.9 Å². The summed E-state index contributed by atoms with van der Waals surface area (Å²) in [5, 5.41) is 25.5. The predicted octanol–water partition coefficient (Wildman–Crippen LogP) is 5.51. The number of rotatable bonds is 18. The molecular weight excluding hydrogens is 372 g/mol. The van der Waals surface area contributed by atoms with E-state index in [0.717, 1.165) is 64.2 Å². The fourth-order valence-electron chi connectivity index (χ4n) is 2.91. The number of hydrogen-bond donors (Lipinski definition) is 3. The predicted molar refractivity (Wildman–Crippen MR) is 101 cm³/mol. The standard InChI is InChI=1S/C19H34O9/c20-17(21)26-14-10-6-2-1-4-8-12-16(28-19(24)25)13-9-5-3-7-11-15-27-18(22)23/h16H,1-15H2,(H,20,21)(H,22,23)(H,24,25). The molecule has 0 aliphatic heterocycles. The minimum atomic E-state index is -1.25. The van der Waals surface area contributed by atoms with Gasteiger partial charge in [0.2, 0.25) is 0 Å². The zero-order valence-electron chi connectivity index (χ0n) is 16.5. The summed E-state index contributed by atoms with van der Waals surface area (Å²) in [5.74, 6) is 0. The molecule has 0 spiro atoms. The van der Waals surface area contributed by atoms with Gasteiger partial charge in [-0.1, -0.05) is 44.9 Å². The van der Waals surface area contributed by atoms with E-state index in [1.54, 1.807) is 0 Å². The van der Waals surface area contributed by atoms with Gasteiger partial charge < -0.3 is 29.5 Å². The Morgan fingerprint density at radius 1 is 0.536 bits per heavy atom. The SMILES string of the molecule is O=C(O)OCCCCCCCCC(CCCCCCCOC(=O)O)OC(=O)O. The molecule has 28 heavy (non-hydrogen) atoms. The maximum absolute atomic E-state index is 10.8. The highest BCUT2D eigenvalue weighted by atomic mass is 16.7. The second-order valence-electron chi connectivity index (χ2n) is 6.70. The molecule has 3 N–H and O–H groups in total. The molecule has 9 nitrogen and oxygen atoms in total. The number of hydrogen-bond acceptors (Lipinski definition) is 6. The van der Waals surface area contributed by atoms with Gasteiger partial charge in [0.15, 0.2) is 0 Å². The van der Waals surface area contributed by atoms with Gasteiger partial charge in [0.05, 0.1) is 13.2 Å². The Hall–Kier alpha value is -2.19. The van der Waals surface area contributed by atoms with Crippen LogP contribution in [0, 0.1) is 0 Å². The maximum atomic E-state index is 10.8. The van der Waals surface area contributed by atoms with Gasteiger partial charge in [0, 0.05) is 0 Å².